The van der Waals surface area contributed by atoms with Crippen molar-refractivity contribution in [1.29, 1.82) is 5.41 Å². The van der Waals surface area contributed by atoms with E-state index in [0.29, 0.717) is 4.73 Å². The summed E-state index contributed by atoms with van der Waals surface area (Å²) in [5.74, 6) is 0. The molecule has 1 aromatic carbocycles. The zero-order valence-electron chi connectivity index (χ0n) is 11.0. The minimum atomic E-state index is -4.45. The third kappa shape index (κ3) is 2.30. The van der Waals surface area contributed by atoms with Gasteiger partial charge in [-0.2, -0.15) is 17.9 Å². The lowest BCUT2D eigenvalue weighted by atomic mass is 10.1. The molecule has 0 atom stereocenters. The van der Waals surface area contributed by atoms with E-state index in [9.17, 15) is 18.4 Å². The average Bonchev–Trinajstić information content (AvgIpc) is 2.86. The summed E-state index contributed by atoms with van der Waals surface area (Å²) < 4.78 is 40.9. The van der Waals surface area contributed by atoms with Crippen molar-refractivity contribution >= 4 is 11.2 Å². The Hall–Kier alpha value is -2.84. The molecule has 0 fully saturated rings. The molecule has 0 aliphatic carbocycles. The fraction of sp³-hybridized carbons (Fsp3) is 0.154. The molecule has 9 heteroatoms. The van der Waals surface area contributed by atoms with Gasteiger partial charge in [0.25, 0.3) is 0 Å². The second kappa shape index (κ2) is 4.86. The van der Waals surface area contributed by atoms with E-state index in [0.717, 1.165) is 12.4 Å². The maximum absolute atomic E-state index is 13.0. The summed E-state index contributed by atoms with van der Waals surface area (Å²) in [5.41, 5.74) is -0.603. The Balaban J connectivity index is 2.09. The van der Waals surface area contributed by atoms with Gasteiger partial charge in [-0.25, -0.2) is 9.97 Å². The van der Waals surface area contributed by atoms with Crippen LogP contribution in [0.5, 0.6) is 0 Å². The standard InChI is InChI=1S/C13H10F3N5O/c14-13(15,16)9-4-2-1-3-8(9)5-20-6-18-10-11(17)21(22)7-19-12(10)20/h1-4,6-7,17,22H,5H2. The number of fused-ring (bicyclic) bond motifs is 1. The van der Waals surface area contributed by atoms with Crippen molar-refractivity contribution in [2.24, 2.45) is 0 Å². The van der Waals surface area contributed by atoms with Crippen LogP contribution in [-0.4, -0.2) is 24.5 Å². The minimum absolute atomic E-state index is 0.0726. The van der Waals surface area contributed by atoms with Crippen LogP contribution in [0, 0.1) is 5.41 Å². The molecular weight excluding hydrogens is 299 g/mol. The van der Waals surface area contributed by atoms with Crippen LogP contribution in [0.3, 0.4) is 0 Å². The van der Waals surface area contributed by atoms with E-state index < -0.39 is 11.7 Å². The highest BCUT2D eigenvalue weighted by atomic mass is 19.4. The van der Waals surface area contributed by atoms with E-state index >= 15 is 0 Å². The Morgan fingerprint density at radius 2 is 1.86 bits per heavy atom. The number of imidazole rings is 1. The third-order valence-electron chi connectivity index (χ3n) is 3.22. The zero-order chi connectivity index (χ0) is 15.9. The first-order chi connectivity index (χ1) is 10.4. The van der Waals surface area contributed by atoms with Gasteiger partial charge in [-0.15, -0.1) is 0 Å². The molecule has 0 aliphatic heterocycles. The van der Waals surface area contributed by atoms with Crippen molar-refractivity contribution in [3.05, 3.63) is 53.5 Å². The quantitative estimate of drug-likeness (QED) is 0.711. The molecule has 2 aromatic heterocycles. The third-order valence-corrected chi connectivity index (χ3v) is 3.22. The first-order valence-electron chi connectivity index (χ1n) is 6.19. The van der Waals surface area contributed by atoms with Crippen LogP contribution >= 0.6 is 0 Å². The number of nitrogens with zero attached hydrogens (tertiary/aromatic N) is 4. The summed E-state index contributed by atoms with van der Waals surface area (Å²) in [6, 6.07) is 5.24. The summed E-state index contributed by atoms with van der Waals surface area (Å²) in [4.78, 5) is 7.82. The predicted octanol–water partition coefficient (Wildman–Crippen LogP) is 2.02. The number of halogens is 3. The normalized spacial score (nSPS) is 12.0. The average molecular weight is 309 g/mol. The van der Waals surface area contributed by atoms with Crippen molar-refractivity contribution in [3.8, 4) is 0 Å². The molecule has 0 saturated heterocycles. The van der Waals surface area contributed by atoms with Gasteiger partial charge in [-0.3, -0.25) is 5.41 Å². The number of nitrogens with one attached hydrogen (secondary N) is 1. The Kier molecular flexibility index (Phi) is 3.12. The molecule has 0 saturated carbocycles. The number of benzene rings is 1. The molecule has 0 aliphatic rings. The lowest BCUT2D eigenvalue weighted by Crippen LogP contribution is -2.19. The largest absolute Gasteiger partial charge is 0.425 e. The minimum Gasteiger partial charge on any atom is -0.425 e. The Labute approximate surface area is 121 Å². The van der Waals surface area contributed by atoms with E-state index in [-0.39, 0.29) is 28.8 Å². The van der Waals surface area contributed by atoms with Gasteiger partial charge in [0.05, 0.1) is 18.4 Å². The highest BCUT2D eigenvalue weighted by Gasteiger charge is 2.32. The van der Waals surface area contributed by atoms with Gasteiger partial charge in [-0.05, 0) is 11.6 Å². The molecule has 2 heterocycles. The fourth-order valence-corrected chi connectivity index (χ4v) is 2.19. The second-order valence-corrected chi connectivity index (χ2v) is 4.64. The zero-order valence-corrected chi connectivity index (χ0v) is 11.0. The number of hydrogen-bond donors (Lipinski definition) is 2. The molecule has 3 aromatic rings. The van der Waals surface area contributed by atoms with Gasteiger partial charge in [0.1, 0.15) is 6.33 Å². The van der Waals surface area contributed by atoms with Crippen molar-refractivity contribution in [2.45, 2.75) is 12.7 Å². The SMILES string of the molecule is N=c1c2ncn(Cc3ccccc3C(F)(F)F)c2ncn1O. The predicted molar refractivity (Wildman–Crippen MR) is 69.1 cm³/mol. The van der Waals surface area contributed by atoms with Gasteiger partial charge >= 0.3 is 6.18 Å². The van der Waals surface area contributed by atoms with Crippen LogP contribution in [0.2, 0.25) is 0 Å². The van der Waals surface area contributed by atoms with E-state index in [1.165, 1.54) is 29.1 Å². The molecule has 2 N–H and O–H groups in total. The molecule has 0 amide bonds. The number of aromatic nitrogens is 4. The molecule has 22 heavy (non-hydrogen) atoms. The Morgan fingerprint density at radius 3 is 2.59 bits per heavy atom. The molecule has 0 unspecified atom stereocenters. The first-order valence-corrected chi connectivity index (χ1v) is 6.19. The highest BCUT2D eigenvalue weighted by molar-refractivity contribution is 5.68. The monoisotopic (exact) mass is 309 g/mol. The van der Waals surface area contributed by atoms with Crippen molar-refractivity contribution < 1.29 is 18.4 Å². The Bertz CT molecular complexity index is 897. The van der Waals surface area contributed by atoms with Crippen LogP contribution in [0.15, 0.2) is 36.9 Å². The molecule has 0 radical (unpaired) electrons. The van der Waals surface area contributed by atoms with Crippen LogP contribution in [0.4, 0.5) is 13.2 Å². The number of alkyl halides is 3. The van der Waals surface area contributed by atoms with Crippen molar-refractivity contribution in [3.63, 3.8) is 0 Å². The lowest BCUT2D eigenvalue weighted by Gasteiger charge is -2.13. The van der Waals surface area contributed by atoms with E-state index in [4.69, 9.17) is 5.41 Å². The van der Waals surface area contributed by atoms with E-state index in [2.05, 4.69) is 9.97 Å². The first kappa shape index (κ1) is 14.1. The summed E-state index contributed by atoms with van der Waals surface area (Å²) in [6.07, 6.45) is -2.16. The van der Waals surface area contributed by atoms with Crippen LogP contribution < -0.4 is 5.49 Å². The molecule has 114 valence electrons. The number of rotatable bonds is 2. The van der Waals surface area contributed by atoms with Gasteiger partial charge in [0.2, 0.25) is 0 Å². The van der Waals surface area contributed by atoms with Crippen LogP contribution in [0.1, 0.15) is 11.1 Å². The van der Waals surface area contributed by atoms with Gasteiger partial charge in [-0.1, -0.05) is 18.2 Å². The highest BCUT2D eigenvalue weighted by Crippen LogP contribution is 2.32. The molecule has 6 nitrogen and oxygen atoms in total. The molecular formula is C13H10F3N5O. The smallest absolute Gasteiger partial charge is 0.416 e. The lowest BCUT2D eigenvalue weighted by molar-refractivity contribution is -0.138. The summed E-state index contributed by atoms with van der Waals surface area (Å²) >= 11 is 0. The van der Waals surface area contributed by atoms with Crippen LogP contribution in [-0.2, 0) is 12.7 Å². The van der Waals surface area contributed by atoms with Gasteiger partial charge in [0.15, 0.2) is 16.7 Å². The van der Waals surface area contributed by atoms with E-state index in [1.54, 1.807) is 0 Å². The van der Waals surface area contributed by atoms with Crippen molar-refractivity contribution in [2.75, 3.05) is 0 Å². The maximum atomic E-state index is 13.0. The second-order valence-electron chi connectivity index (χ2n) is 4.64. The molecule has 3 rings (SSSR count). The summed E-state index contributed by atoms with van der Waals surface area (Å²) in [6.45, 7) is -0.0892. The van der Waals surface area contributed by atoms with Crippen LogP contribution in [0.25, 0.3) is 11.2 Å². The topological polar surface area (TPSA) is 79.7 Å². The molecule has 0 spiro atoms. The fourth-order valence-electron chi connectivity index (χ4n) is 2.19. The molecule has 0 bridgehead atoms. The van der Waals surface area contributed by atoms with Gasteiger partial charge < -0.3 is 9.77 Å². The van der Waals surface area contributed by atoms with Crippen molar-refractivity contribution in [1.82, 2.24) is 19.3 Å². The maximum Gasteiger partial charge on any atom is 0.416 e. The van der Waals surface area contributed by atoms with Gasteiger partial charge in [0, 0.05) is 0 Å². The Morgan fingerprint density at radius 1 is 1.14 bits per heavy atom. The number of hydrogen-bond acceptors (Lipinski definition) is 4. The van der Waals surface area contributed by atoms with E-state index in [1.807, 2.05) is 0 Å². The summed E-state index contributed by atoms with van der Waals surface area (Å²) in [7, 11) is 0. The summed E-state index contributed by atoms with van der Waals surface area (Å²) in [5, 5.41) is 17.0.